The molecule has 0 bridgehead atoms. The van der Waals surface area contributed by atoms with Crippen molar-refractivity contribution < 1.29 is 9.53 Å². The summed E-state index contributed by atoms with van der Waals surface area (Å²) < 4.78 is 7.47. The molecule has 0 saturated heterocycles. The highest BCUT2D eigenvalue weighted by molar-refractivity contribution is 7.07. The lowest BCUT2D eigenvalue weighted by Gasteiger charge is -2.29. The van der Waals surface area contributed by atoms with E-state index in [0.29, 0.717) is 44.5 Å². The first kappa shape index (κ1) is 24.0. The van der Waals surface area contributed by atoms with E-state index in [-0.39, 0.29) is 11.5 Å². The molecule has 0 saturated carbocycles. The van der Waals surface area contributed by atoms with Gasteiger partial charge >= 0.3 is 0 Å². The summed E-state index contributed by atoms with van der Waals surface area (Å²) in [5, 5.41) is 0.589. The van der Waals surface area contributed by atoms with Gasteiger partial charge in [0.2, 0.25) is 0 Å². The van der Waals surface area contributed by atoms with Gasteiger partial charge in [-0.15, -0.1) is 0 Å². The third kappa shape index (κ3) is 4.45. The van der Waals surface area contributed by atoms with Crippen molar-refractivity contribution in [3.8, 4) is 5.75 Å². The maximum atomic E-state index is 13.7. The number of thiazole rings is 1. The number of benzene rings is 2. The van der Waals surface area contributed by atoms with E-state index in [1.807, 2.05) is 63.2 Å². The number of rotatable bonds is 6. The highest BCUT2D eigenvalue weighted by Gasteiger charge is 2.34. The highest BCUT2D eigenvalue weighted by Crippen LogP contribution is 2.31. The standard InChI is InChI=1S/C26H26ClN3O3S/c1-5-29(6-2)25(32)22-16(3)28-26-30(23(22)18-10-12-19(27)13-11-18)24(31)21(34-26)15-17-8-7-9-20(14-17)33-4/h7-15,23H,5-6H2,1-4H3/b21-15+/t23-/m1/s1. The van der Waals surface area contributed by atoms with Crippen molar-refractivity contribution in [3.05, 3.63) is 95.6 Å². The predicted molar refractivity (Wildman–Crippen MR) is 136 cm³/mol. The average molecular weight is 496 g/mol. The lowest BCUT2D eigenvalue weighted by molar-refractivity contribution is -0.127. The fourth-order valence-electron chi connectivity index (χ4n) is 4.12. The molecule has 1 aromatic heterocycles. The number of halogens is 1. The van der Waals surface area contributed by atoms with Gasteiger partial charge < -0.3 is 9.64 Å². The van der Waals surface area contributed by atoms with Crippen LogP contribution in [-0.4, -0.2) is 35.6 Å². The third-order valence-corrected chi connectivity index (χ3v) is 7.11. The normalized spacial score (nSPS) is 15.7. The Morgan fingerprint density at radius 3 is 2.56 bits per heavy atom. The van der Waals surface area contributed by atoms with Crippen molar-refractivity contribution in [2.45, 2.75) is 26.8 Å². The highest BCUT2D eigenvalue weighted by atomic mass is 35.5. The van der Waals surface area contributed by atoms with Crippen LogP contribution in [0.4, 0.5) is 0 Å². The Bertz CT molecular complexity index is 1430. The third-order valence-electron chi connectivity index (χ3n) is 5.88. The first-order chi connectivity index (χ1) is 16.4. The number of hydrogen-bond acceptors (Lipinski definition) is 5. The van der Waals surface area contributed by atoms with Crippen molar-refractivity contribution in [1.29, 1.82) is 0 Å². The van der Waals surface area contributed by atoms with Crippen LogP contribution in [0.2, 0.25) is 5.02 Å². The number of amides is 1. The zero-order valence-electron chi connectivity index (χ0n) is 19.5. The minimum atomic E-state index is -0.589. The number of methoxy groups -OCH3 is 1. The van der Waals surface area contributed by atoms with Crippen LogP contribution in [0.15, 0.2) is 69.6 Å². The van der Waals surface area contributed by atoms with Crippen molar-refractivity contribution in [2.24, 2.45) is 4.99 Å². The van der Waals surface area contributed by atoms with E-state index in [4.69, 9.17) is 21.3 Å². The quantitative estimate of drug-likeness (QED) is 0.523. The molecule has 34 heavy (non-hydrogen) atoms. The maximum Gasteiger partial charge on any atom is 0.271 e. The van der Waals surface area contributed by atoms with Crippen LogP contribution >= 0.6 is 22.9 Å². The van der Waals surface area contributed by atoms with Crippen molar-refractivity contribution in [2.75, 3.05) is 20.2 Å². The number of nitrogens with zero attached hydrogens (tertiary/aromatic N) is 3. The Morgan fingerprint density at radius 1 is 1.21 bits per heavy atom. The Hall–Kier alpha value is -3.16. The summed E-state index contributed by atoms with van der Waals surface area (Å²) in [6, 6.07) is 14.2. The molecule has 2 aromatic carbocycles. The van der Waals surface area contributed by atoms with Crippen LogP contribution < -0.4 is 19.6 Å². The molecule has 176 valence electrons. The largest absolute Gasteiger partial charge is 0.497 e. The van der Waals surface area contributed by atoms with Gasteiger partial charge in [0.1, 0.15) is 5.75 Å². The second-order valence-corrected chi connectivity index (χ2v) is 9.33. The van der Waals surface area contributed by atoms with Gasteiger partial charge in [-0.25, -0.2) is 4.99 Å². The van der Waals surface area contributed by atoms with E-state index >= 15 is 0 Å². The van der Waals surface area contributed by atoms with E-state index < -0.39 is 6.04 Å². The Kier molecular flexibility index (Phi) is 7.05. The molecule has 2 heterocycles. The number of carbonyl (C=O) groups excluding carboxylic acids is 1. The Morgan fingerprint density at radius 2 is 1.91 bits per heavy atom. The smallest absolute Gasteiger partial charge is 0.271 e. The van der Waals surface area contributed by atoms with Crippen molar-refractivity contribution >= 4 is 34.9 Å². The van der Waals surface area contributed by atoms with Crippen LogP contribution in [-0.2, 0) is 4.79 Å². The van der Waals surface area contributed by atoms with Crippen LogP contribution in [0.25, 0.3) is 6.08 Å². The van der Waals surface area contributed by atoms with E-state index in [2.05, 4.69) is 0 Å². The van der Waals surface area contributed by atoms with Crippen LogP contribution in [0.1, 0.15) is 37.9 Å². The fraction of sp³-hybridized carbons (Fsp3) is 0.269. The van der Waals surface area contributed by atoms with E-state index in [0.717, 1.165) is 11.1 Å². The van der Waals surface area contributed by atoms with Gasteiger partial charge in [-0.1, -0.05) is 47.2 Å². The summed E-state index contributed by atoms with van der Waals surface area (Å²) in [6.45, 7) is 6.86. The van der Waals surface area contributed by atoms with Gasteiger partial charge in [0, 0.05) is 18.1 Å². The summed E-state index contributed by atoms with van der Waals surface area (Å²) >= 11 is 7.45. The van der Waals surface area contributed by atoms with Gasteiger partial charge in [-0.2, -0.15) is 0 Å². The number of aromatic nitrogens is 1. The van der Waals surface area contributed by atoms with Gasteiger partial charge in [0.25, 0.3) is 11.5 Å². The molecule has 8 heteroatoms. The summed E-state index contributed by atoms with van der Waals surface area (Å²) in [6.07, 6.45) is 1.83. The van der Waals surface area contributed by atoms with E-state index in [9.17, 15) is 9.59 Å². The van der Waals surface area contributed by atoms with Crippen LogP contribution in [0, 0.1) is 0 Å². The van der Waals surface area contributed by atoms with Crippen LogP contribution in [0.3, 0.4) is 0 Å². The average Bonchev–Trinajstić information content (AvgIpc) is 3.13. The second kappa shape index (κ2) is 9.99. The SMILES string of the molecule is CCN(CC)C(=O)C1=C(C)N=c2s/c(=C/c3cccc(OC)c3)c(=O)n2[C@@H]1c1ccc(Cl)cc1. The maximum absolute atomic E-state index is 13.7. The fourth-order valence-corrected chi connectivity index (χ4v) is 5.29. The molecular weight excluding hydrogens is 470 g/mol. The summed E-state index contributed by atoms with van der Waals surface area (Å²) in [7, 11) is 1.61. The monoisotopic (exact) mass is 495 g/mol. The van der Waals surface area contributed by atoms with Gasteiger partial charge in [-0.3, -0.25) is 14.2 Å². The molecule has 0 N–H and O–H groups in total. The Balaban J connectivity index is 1.95. The minimum absolute atomic E-state index is 0.117. The first-order valence-corrected chi connectivity index (χ1v) is 12.3. The lowest BCUT2D eigenvalue weighted by Crippen LogP contribution is -2.43. The zero-order valence-corrected chi connectivity index (χ0v) is 21.1. The summed E-state index contributed by atoms with van der Waals surface area (Å²) in [5.74, 6) is 0.594. The molecule has 4 rings (SSSR count). The number of hydrogen-bond donors (Lipinski definition) is 0. The predicted octanol–water partition coefficient (Wildman–Crippen LogP) is 3.77. The number of carbonyl (C=O) groups is 1. The minimum Gasteiger partial charge on any atom is -0.497 e. The molecule has 0 radical (unpaired) electrons. The second-order valence-electron chi connectivity index (χ2n) is 7.89. The first-order valence-electron chi connectivity index (χ1n) is 11.1. The summed E-state index contributed by atoms with van der Waals surface area (Å²) in [5.41, 5.74) is 2.59. The molecule has 0 fully saturated rings. The summed E-state index contributed by atoms with van der Waals surface area (Å²) in [4.78, 5) is 34.3. The topological polar surface area (TPSA) is 63.9 Å². The molecule has 0 spiro atoms. The molecule has 0 aliphatic carbocycles. The zero-order chi connectivity index (χ0) is 24.4. The van der Waals surface area contributed by atoms with Crippen molar-refractivity contribution in [3.63, 3.8) is 0 Å². The molecule has 1 aliphatic rings. The Labute approximate surface area is 207 Å². The van der Waals surface area contributed by atoms with Gasteiger partial charge in [0.05, 0.1) is 29.0 Å². The number of likely N-dealkylation sites (N-methyl/N-ethyl adjacent to an activating group) is 1. The molecular formula is C26H26ClN3O3S. The number of allylic oxidation sites excluding steroid dienone is 1. The molecule has 6 nitrogen and oxygen atoms in total. The number of ether oxygens (including phenoxy) is 1. The van der Waals surface area contributed by atoms with Crippen molar-refractivity contribution in [1.82, 2.24) is 9.47 Å². The molecule has 1 amide bonds. The molecule has 3 aromatic rings. The van der Waals surface area contributed by atoms with Gasteiger partial charge in [0.15, 0.2) is 4.80 Å². The van der Waals surface area contributed by atoms with E-state index in [1.54, 1.807) is 28.7 Å². The van der Waals surface area contributed by atoms with E-state index in [1.165, 1.54) is 11.3 Å². The molecule has 1 aliphatic heterocycles. The van der Waals surface area contributed by atoms with Crippen LogP contribution in [0.5, 0.6) is 5.75 Å². The molecule has 0 unspecified atom stereocenters. The molecule has 1 atom stereocenters. The lowest BCUT2D eigenvalue weighted by atomic mass is 9.94. The van der Waals surface area contributed by atoms with Gasteiger partial charge in [-0.05, 0) is 62.2 Å². The number of fused-ring (bicyclic) bond motifs is 1.